The molecule has 0 aromatic heterocycles. The van der Waals surface area contributed by atoms with Gasteiger partial charge in [0.2, 0.25) is 11.8 Å². The van der Waals surface area contributed by atoms with E-state index in [1.807, 2.05) is 36.4 Å². The van der Waals surface area contributed by atoms with E-state index < -0.39 is 0 Å². The Morgan fingerprint density at radius 1 is 0.852 bits per heavy atom. The Kier molecular flexibility index (Phi) is 5.64. The first-order valence-electron chi connectivity index (χ1n) is 8.73. The molecule has 2 aromatic rings. The standard InChI is InChI=1S/C21H23NO5/c1-25-17-7-4-14(5-8-17)13-22-20(23)11-16(12-21(22)24)15-6-9-18(26-2)19(10-15)27-3/h4-10,16H,11-13H2,1-3H3. The summed E-state index contributed by atoms with van der Waals surface area (Å²) < 4.78 is 15.7. The quantitative estimate of drug-likeness (QED) is 0.732. The van der Waals surface area contributed by atoms with Gasteiger partial charge in [-0.05, 0) is 35.4 Å². The predicted octanol–water partition coefficient (Wildman–Crippen LogP) is 3.15. The molecule has 0 spiro atoms. The van der Waals surface area contributed by atoms with Gasteiger partial charge in [0.1, 0.15) is 5.75 Å². The number of rotatable bonds is 6. The summed E-state index contributed by atoms with van der Waals surface area (Å²) in [4.78, 5) is 26.6. The number of carbonyl (C=O) groups is 2. The first kappa shape index (κ1) is 18.8. The zero-order valence-corrected chi connectivity index (χ0v) is 15.7. The summed E-state index contributed by atoms with van der Waals surface area (Å²) in [7, 11) is 4.73. The van der Waals surface area contributed by atoms with E-state index in [-0.39, 0.29) is 37.1 Å². The van der Waals surface area contributed by atoms with Crippen molar-refractivity contribution in [3.05, 3.63) is 53.6 Å². The van der Waals surface area contributed by atoms with Gasteiger partial charge in [-0.1, -0.05) is 18.2 Å². The third-order valence-corrected chi connectivity index (χ3v) is 4.82. The second-order valence-corrected chi connectivity index (χ2v) is 6.44. The van der Waals surface area contributed by atoms with Crippen LogP contribution in [0.25, 0.3) is 0 Å². The van der Waals surface area contributed by atoms with Crippen molar-refractivity contribution < 1.29 is 23.8 Å². The minimum atomic E-state index is -0.165. The van der Waals surface area contributed by atoms with Crippen molar-refractivity contribution in [1.29, 1.82) is 0 Å². The van der Waals surface area contributed by atoms with Gasteiger partial charge in [0.25, 0.3) is 0 Å². The minimum Gasteiger partial charge on any atom is -0.497 e. The fraction of sp³-hybridized carbons (Fsp3) is 0.333. The molecule has 1 aliphatic rings. The molecule has 3 rings (SSSR count). The molecule has 1 fully saturated rings. The normalized spacial score (nSPS) is 15.0. The zero-order valence-electron chi connectivity index (χ0n) is 15.7. The van der Waals surface area contributed by atoms with Crippen LogP contribution in [0.5, 0.6) is 17.2 Å². The maximum absolute atomic E-state index is 12.6. The number of imide groups is 1. The van der Waals surface area contributed by atoms with Crippen molar-refractivity contribution in [3.63, 3.8) is 0 Å². The molecule has 0 atom stereocenters. The summed E-state index contributed by atoms with van der Waals surface area (Å²) >= 11 is 0. The zero-order chi connectivity index (χ0) is 19.4. The van der Waals surface area contributed by atoms with E-state index in [1.165, 1.54) is 4.90 Å². The molecule has 0 saturated carbocycles. The second kappa shape index (κ2) is 8.12. The van der Waals surface area contributed by atoms with Crippen molar-refractivity contribution in [1.82, 2.24) is 4.90 Å². The summed E-state index contributed by atoms with van der Waals surface area (Å²) in [6.45, 7) is 0.278. The van der Waals surface area contributed by atoms with Crippen LogP contribution in [0.2, 0.25) is 0 Å². The van der Waals surface area contributed by atoms with Gasteiger partial charge >= 0.3 is 0 Å². The number of methoxy groups -OCH3 is 3. The molecule has 1 heterocycles. The Labute approximate surface area is 158 Å². The van der Waals surface area contributed by atoms with E-state index in [9.17, 15) is 9.59 Å². The van der Waals surface area contributed by atoms with Crippen LogP contribution in [0.1, 0.15) is 29.9 Å². The van der Waals surface area contributed by atoms with Crippen LogP contribution in [0.15, 0.2) is 42.5 Å². The average molecular weight is 369 g/mol. The summed E-state index contributed by atoms with van der Waals surface area (Å²) in [6, 6.07) is 12.9. The van der Waals surface area contributed by atoms with Crippen molar-refractivity contribution in [3.8, 4) is 17.2 Å². The maximum Gasteiger partial charge on any atom is 0.230 e. The van der Waals surface area contributed by atoms with E-state index in [2.05, 4.69) is 0 Å². The SMILES string of the molecule is COc1ccc(CN2C(=O)CC(c3ccc(OC)c(OC)c3)CC2=O)cc1. The van der Waals surface area contributed by atoms with Gasteiger partial charge in [0.15, 0.2) is 11.5 Å². The number of hydrogen-bond donors (Lipinski definition) is 0. The van der Waals surface area contributed by atoms with Gasteiger partial charge in [-0.2, -0.15) is 0 Å². The molecule has 6 heteroatoms. The lowest BCUT2D eigenvalue weighted by Crippen LogP contribution is -2.42. The van der Waals surface area contributed by atoms with Crippen molar-refractivity contribution in [2.24, 2.45) is 0 Å². The maximum atomic E-state index is 12.6. The molecular formula is C21H23NO5. The molecule has 1 saturated heterocycles. The summed E-state index contributed by atoms with van der Waals surface area (Å²) in [5.74, 6) is 1.47. The Morgan fingerprint density at radius 2 is 1.48 bits per heavy atom. The lowest BCUT2D eigenvalue weighted by Gasteiger charge is -2.30. The molecule has 2 aromatic carbocycles. The number of nitrogens with zero attached hydrogens (tertiary/aromatic N) is 1. The van der Waals surface area contributed by atoms with E-state index in [1.54, 1.807) is 27.4 Å². The monoisotopic (exact) mass is 369 g/mol. The van der Waals surface area contributed by atoms with Gasteiger partial charge in [-0.3, -0.25) is 14.5 Å². The molecule has 1 aliphatic heterocycles. The van der Waals surface area contributed by atoms with Crippen LogP contribution in [0.4, 0.5) is 0 Å². The first-order valence-corrected chi connectivity index (χ1v) is 8.73. The number of likely N-dealkylation sites (tertiary alicyclic amines) is 1. The number of benzene rings is 2. The highest BCUT2D eigenvalue weighted by Gasteiger charge is 2.33. The number of amides is 2. The number of carbonyl (C=O) groups excluding carboxylic acids is 2. The molecule has 0 unspecified atom stereocenters. The highest BCUT2D eigenvalue weighted by molar-refractivity contribution is 5.98. The van der Waals surface area contributed by atoms with Crippen LogP contribution >= 0.6 is 0 Å². The van der Waals surface area contributed by atoms with Crippen molar-refractivity contribution >= 4 is 11.8 Å². The molecule has 0 N–H and O–H groups in total. The van der Waals surface area contributed by atoms with Gasteiger partial charge in [0.05, 0.1) is 27.9 Å². The van der Waals surface area contributed by atoms with Gasteiger partial charge in [-0.25, -0.2) is 0 Å². The minimum absolute atomic E-state index is 0.156. The molecule has 142 valence electrons. The highest BCUT2D eigenvalue weighted by Crippen LogP contribution is 2.35. The fourth-order valence-electron chi connectivity index (χ4n) is 3.29. The van der Waals surface area contributed by atoms with Crippen LogP contribution in [0, 0.1) is 0 Å². The largest absolute Gasteiger partial charge is 0.497 e. The molecule has 6 nitrogen and oxygen atoms in total. The van der Waals surface area contributed by atoms with E-state index >= 15 is 0 Å². The Balaban J connectivity index is 1.73. The van der Waals surface area contributed by atoms with Crippen LogP contribution in [-0.4, -0.2) is 38.0 Å². The van der Waals surface area contributed by atoms with Crippen molar-refractivity contribution in [2.45, 2.75) is 25.3 Å². The van der Waals surface area contributed by atoms with Gasteiger partial charge in [0, 0.05) is 18.8 Å². The molecule has 0 radical (unpaired) electrons. The Bertz CT molecular complexity index is 813. The van der Waals surface area contributed by atoms with Crippen LogP contribution in [-0.2, 0) is 16.1 Å². The molecule has 0 aliphatic carbocycles. The topological polar surface area (TPSA) is 65.1 Å². The van der Waals surface area contributed by atoms with Crippen LogP contribution < -0.4 is 14.2 Å². The summed E-state index contributed by atoms with van der Waals surface area (Å²) in [5, 5.41) is 0. The Morgan fingerprint density at radius 3 is 2.04 bits per heavy atom. The number of piperidine rings is 1. The second-order valence-electron chi connectivity index (χ2n) is 6.44. The van der Waals surface area contributed by atoms with Crippen LogP contribution in [0.3, 0.4) is 0 Å². The average Bonchev–Trinajstić information content (AvgIpc) is 2.70. The lowest BCUT2D eigenvalue weighted by atomic mass is 9.88. The number of hydrogen-bond acceptors (Lipinski definition) is 5. The smallest absolute Gasteiger partial charge is 0.230 e. The molecule has 27 heavy (non-hydrogen) atoms. The third kappa shape index (κ3) is 4.05. The van der Waals surface area contributed by atoms with Crippen molar-refractivity contribution in [2.75, 3.05) is 21.3 Å². The molecular weight excluding hydrogens is 346 g/mol. The first-order chi connectivity index (χ1) is 13.0. The number of ether oxygens (including phenoxy) is 3. The predicted molar refractivity (Wildman–Crippen MR) is 100 cm³/mol. The van der Waals surface area contributed by atoms with E-state index in [0.717, 1.165) is 16.9 Å². The highest BCUT2D eigenvalue weighted by atomic mass is 16.5. The van der Waals surface area contributed by atoms with Gasteiger partial charge < -0.3 is 14.2 Å². The molecule has 2 amide bonds. The summed E-state index contributed by atoms with van der Waals surface area (Å²) in [6.07, 6.45) is 0.578. The summed E-state index contributed by atoms with van der Waals surface area (Å²) in [5.41, 5.74) is 1.79. The van der Waals surface area contributed by atoms with E-state index in [0.29, 0.717) is 11.5 Å². The van der Waals surface area contributed by atoms with E-state index in [4.69, 9.17) is 14.2 Å². The lowest BCUT2D eigenvalue weighted by molar-refractivity contribution is -0.149. The molecule has 0 bridgehead atoms. The third-order valence-electron chi connectivity index (χ3n) is 4.82. The van der Waals surface area contributed by atoms with Gasteiger partial charge in [-0.15, -0.1) is 0 Å². The Hall–Kier alpha value is -3.02. The fourth-order valence-corrected chi connectivity index (χ4v) is 3.29.